The fourth-order valence-electron chi connectivity index (χ4n) is 1.20. The molecule has 0 saturated carbocycles. The van der Waals surface area contributed by atoms with Crippen LogP contribution in [0, 0.1) is 5.92 Å². The van der Waals surface area contributed by atoms with Crippen molar-refractivity contribution in [1.82, 2.24) is 0 Å². The molecule has 2 heteroatoms. The van der Waals surface area contributed by atoms with Gasteiger partial charge >= 0.3 is 0 Å². The Bertz CT molecular complexity index is 305. The molecule has 0 aliphatic rings. The average Bonchev–Trinajstić information content (AvgIpc) is 2.50. The number of hydrogen-bond donors (Lipinski definition) is 0. The van der Waals surface area contributed by atoms with E-state index in [2.05, 4.69) is 0 Å². The van der Waals surface area contributed by atoms with Crippen LogP contribution in [0.2, 0.25) is 0 Å². The zero-order valence-electron chi connectivity index (χ0n) is 8.20. The Balaban J connectivity index is 2.94. The number of carbonyl (C=O) groups is 1. The highest BCUT2D eigenvalue weighted by atomic mass is 16.3. The quantitative estimate of drug-likeness (QED) is 0.666. The molecule has 0 bridgehead atoms. The fraction of sp³-hybridized carbons (Fsp3) is 0.364. The lowest BCUT2D eigenvalue weighted by Gasteiger charge is -2.05. The molecule has 0 aliphatic heterocycles. The van der Waals surface area contributed by atoms with Crippen molar-refractivity contribution in [2.24, 2.45) is 5.92 Å². The lowest BCUT2D eigenvalue weighted by atomic mass is 9.99. The van der Waals surface area contributed by atoms with Crippen LogP contribution in [0.1, 0.15) is 26.5 Å². The van der Waals surface area contributed by atoms with Crippen molar-refractivity contribution < 1.29 is 9.21 Å². The molecule has 70 valence electrons. The van der Waals surface area contributed by atoms with Gasteiger partial charge in [-0.05, 0) is 31.1 Å². The summed E-state index contributed by atoms with van der Waals surface area (Å²) in [6, 6.07) is 3.65. The predicted molar refractivity (Wildman–Crippen MR) is 52.2 cm³/mol. The lowest BCUT2D eigenvalue weighted by Crippen LogP contribution is -2.03. The molecule has 0 atom stereocenters. The molecule has 1 rings (SSSR count). The molecule has 1 aromatic rings. The zero-order chi connectivity index (χ0) is 9.84. The van der Waals surface area contributed by atoms with Gasteiger partial charge in [0.25, 0.3) is 0 Å². The van der Waals surface area contributed by atoms with Gasteiger partial charge in [-0.25, -0.2) is 0 Å². The molecule has 0 N–H and O–H groups in total. The van der Waals surface area contributed by atoms with Crippen LogP contribution in [0.4, 0.5) is 0 Å². The van der Waals surface area contributed by atoms with Crippen LogP contribution in [-0.2, 0) is 4.79 Å². The minimum Gasteiger partial charge on any atom is -0.465 e. The first kappa shape index (κ1) is 9.78. The van der Waals surface area contributed by atoms with Crippen molar-refractivity contribution in [1.29, 1.82) is 0 Å². The van der Waals surface area contributed by atoms with E-state index in [0.717, 1.165) is 11.3 Å². The number of ketones is 1. The highest BCUT2D eigenvalue weighted by Crippen LogP contribution is 2.15. The summed E-state index contributed by atoms with van der Waals surface area (Å²) in [4.78, 5) is 11.2. The molecule has 0 unspecified atom stereocenters. The maximum absolute atomic E-state index is 11.2. The Morgan fingerprint density at radius 1 is 1.54 bits per heavy atom. The van der Waals surface area contributed by atoms with Gasteiger partial charge in [0, 0.05) is 5.57 Å². The third kappa shape index (κ3) is 2.58. The zero-order valence-corrected chi connectivity index (χ0v) is 8.20. The van der Waals surface area contributed by atoms with Crippen molar-refractivity contribution in [3.8, 4) is 0 Å². The predicted octanol–water partition coefficient (Wildman–Crippen LogP) is 2.91. The van der Waals surface area contributed by atoms with Crippen LogP contribution in [0.15, 0.2) is 28.4 Å². The number of hydrogen-bond acceptors (Lipinski definition) is 2. The Kier molecular flexibility index (Phi) is 3.07. The summed E-state index contributed by atoms with van der Waals surface area (Å²) >= 11 is 0. The molecular formula is C11H14O2. The molecule has 0 aliphatic carbocycles. The number of Topliss-reactive ketones (excluding diaryl/α,β-unsaturated/α-hetero) is 1. The van der Waals surface area contributed by atoms with Crippen molar-refractivity contribution in [2.45, 2.75) is 20.8 Å². The molecule has 1 heterocycles. The first-order chi connectivity index (χ1) is 6.11. The standard InChI is InChI=1S/C11H14O2/c1-8(2)11(9(3)12)7-10-5-4-6-13-10/h4-8H,1-3H3/b11-7+. The van der Waals surface area contributed by atoms with Crippen LogP contribution in [0.3, 0.4) is 0 Å². The molecule has 0 amide bonds. The van der Waals surface area contributed by atoms with E-state index in [-0.39, 0.29) is 11.7 Å². The van der Waals surface area contributed by atoms with E-state index in [0.29, 0.717) is 0 Å². The van der Waals surface area contributed by atoms with Gasteiger partial charge < -0.3 is 4.42 Å². The third-order valence-corrected chi connectivity index (χ3v) is 1.87. The van der Waals surface area contributed by atoms with Crippen LogP contribution >= 0.6 is 0 Å². The Labute approximate surface area is 78.3 Å². The number of carbonyl (C=O) groups excluding carboxylic acids is 1. The van der Waals surface area contributed by atoms with Gasteiger partial charge in [0.05, 0.1) is 6.26 Å². The molecule has 0 spiro atoms. The Morgan fingerprint density at radius 2 is 2.23 bits per heavy atom. The van der Waals surface area contributed by atoms with E-state index in [9.17, 15) is 4.79 Å². The van der Waals surface area contributed by atoms with Crippen molar-refractivity contribution >= 4 is 11.9 Å². The smallest absolute Gasteiger partial charge is 0.156 e. The second-order valence-electron chi connectivity index (χ2n) is 3.33. The molecular weight excluding hydrogens is 164 g/mol. The largest absolute Gasteiger partial charge is 0.465 e. The van der Waals surface area contributed by atoms with E-state index in [1.807, 2.05) is 26.0 Å². The van der Waals surface area contributed by atoms with E-state index in [1.165, 1.54) is 0 Å². The van der Waals surface area contributed by atoms with Crippen LogP contribution in [0.5, 0.6) is 0 Å². The van der Waals surface area contributed by atoms with Crippen molar-refractivity contribution in [2.75, 3.05) is 0 Å². The highest BCUT2D eigenvalue weighted by Gasteiger charge is 2.08. The number of furan rings is 1. The second kappa shape index (κ2) is 4.08. The maximum atomic E-state index is 11.2. The van der Waals surface area contributed by atoms with Gasteiger partial charge in [0.1, 0.15) is 5.76 Å². The Hall–Kier alpha value is -1.31. The lowest BCUT2D eigenvalue weighted by molar-refractivity contribution is -0.113. The first-order valence-corrected chi connectivity index (χ1v) is 4.37. The fourth-order valence-corrected chi connectivity index (χ4v) is 1.20. The topological polar surface area (TPSA) is 30.2 Å². The molecule has 13 heavy (non-hydrogen) atoms. The summed E-state index contributed by atoms with van der Waals surface area (Å²) in [5.41, 5.74) is 0.801. The van der Waals surface area contributed by atoms with Crippen LogP contribution < -0.4 is 0 Å². The summed E-state index contributed by atoms with van der Waals surface area (Å²) in [7, 11) is 0. The van der Waals surface area contributed by atoms with Gasteiger partial charge in [-0.3, -0.25) is 4.79 Å². The molecule has 2 nitrogen and oxygen atoms in total. The summed E-state index contributed by atoms with van der Waals surface area (Å²) < 4.78 is 5.14. The van der Waals surface area contributed by atoms with Crippen molar-refractivity contribution in [3.63, 3.8) is 0 Å². The van der Waals surface area contributed by atoms with Crippen LogP contribution in [-0.4, -0.2) is 5.78 Å². The van der Waals surface area contributed by atoms with Gasteiger partial charge in [-0.2, -0.15) is 0 Å². The van der Waals surface area contributed by atoms with Gasteiger partial charge in [-0.15, -0.1) is 0 Å². The Morgan fingerprint density at radius 3 is 2.62 bits per heavy atom. The summed E-state index contributed by atoms with van der Waals surface area (Å²) in [5, 5.41) is 0. The molecule has 0 fully saturated rings. The van der Waals surface area contributed by atoms with E-state index >= 15 is 0 Å². The minimum atomic E-state index is 0.103. The number of rotatable bonds is 3. The third-order valence-electron chi connectivity index (χ3n) is 1.87. The van der Waals surface area contributed by atoms with Gasteiger partial charge in [-0.1, -0.05) is 13.8 Å². The second-order valence-corrected chi connectivity index (χ2v) is 3.33. The first-order valence-electron chi connectivity index (χ1n) is 4.37. The average molecular weight is 178 g/mol. The normalized spacial score (nSPS) is 12.2. The molecule has 0 saturated heterocycles. The monoisotopic (exact) mass is 178 g/mol. The summed E-state index contributed by atoms with van der Waals surface area (Å²) in [6.07, 6.45) is 3.40. The van der Waals surface area contributed by atoms with E-state index in [4.69, 9.17) is 4.42 Å². The molecule has 0 radical (unpaired) electrons. The maximum Gasteiger partial charge on any atom is 0.156 e. The minimum absolute atomic E-state index is 0.103. The van der Waals surface area contributed by atoms with E-state index in [1.54, 1.807) is 19.3 Å². The summed E-state index contributed by atoms with van der Waals surface area (Å²) in [6.45, 7) is 5.57. The SMILES string of the molecule is CC(=O)/C(=C/c1ccco1)C(C)C. The van der Waals surface area contributed by atoms with Crippen LogP contribution in [0.25, 0.3) is 6.08 Å². The van der Waals surface area contributed by atoms with Gasteiger partial charge in [0.15, 0.2) is 5.78 Å². The molecule has 0 aromatic carbocycles. The summed E-state index contributed by atoms with van der Waals surface area (Å²) in [5.74, 6) is 1.08. The van der Waals surface area contributed by atoms with Gasteiger partial charge in [0.2, 0.25) is 0 Å². The van der Waals surface area contributed by atoms with Crippen molar-refractivity contribution in [3.05, 3.63) is 29.7 Å². The highest BCUT2D eigenvalue weighted by molar-refractivity contribution is 5.97. The molecule has 1 aromatic heterocycles. The number of allylic oxidation sites excluding steroid dienone is 1. The van der Waals surface area contributed by atoms with E-state index < -0.39 is 0 Å².